The van der Waals surface area contributed by atoms with Gasteiger partial charge in [0.2, 0.25) is 0 Å². The van der Waals surface area contributed by atoms with Crippen molar-refractivity contribution in [3.63, 3.8) is 0 Å². The van der Waals surface area contributed by atoms with Gasteiger partial charge in [-0.1, -0.05) is 12.1 Å². The van der Waals surface area contributed by atoms with Crippen LogP contribution in [-0.2, 0) is 15.1 Å². The van der Waals surface area contributed by atoms with Gasteiger partial charge in [0.15, 0.2) is 5.60 Å². The van der Waals surface area contributed by atoms with Crippen molar-refractivity contribution in [3.05, 3.63) is 76.9 Å². The number of anilines is 1. The molecule has 0 amide bonds. The number of nitrogens with one attached hydrogen (secondary N) is 1. The number of hydrogen-bond donors (Lipinski definition) is 4. The van der Waals surface area contributed by atoms with E-state index in [1.807, 2.05) is 0 Å². The van der Waals surface area contributed by atoms with E-state index in [-0.39, 0.29) is 35.1 Å². The molecule has 0 atom stereocenters. The van der Waals surface area contributed by atoms with E-state index in [9.17, 15) is 19.8 Å². The lowest BCUT2D eigenvalue weighted by atomic mass is 9.77. The SMILES string of the molecule is O=C(O)CNc1cccc2c1C(=O)OC21c2ccc(O)cc2Oc2cc(O)ccc21. The maximum absolute atomic E-state index is 13.0. The number of benzene rings is 3. The molecular formula is C22H15NO7. The summed E-state index contributed by atoms with van der Waals surface area (Å²) in [5.74, 6) is -1.21. The Morgan fingerprint density at radius 2 is 1.57 bits per heavy atom. The lowest BCUT2D eigenvalue weighted by Gasteiger charge is -2.36. The van der Waals surface area contributed by atoms with E-state index in [2.05, 4.69) is 5.32 Å². The number of fused-ring (bicyclic) bond motifs is 6. The zero-order valence-electron chi connectivity index (χ0n) is 15.4. The third kappa shape index (κ3) is 2.40. The number of phenolic OH excluding ortho intramolecular Hbond substituents is 2. The van der Waals surface area contributed by atoms with Crippen LogP contribution in [0.2, 0.25) is 0 Å². The summed E-state index contributed by atoms with van der Waals surface area (Å²) in [6.07, 6.45) is 0. The van der Waals surface area contributed by atoms with Crippen LogP contribution in [0.4, 0.5) is 5.69 Å². The Labute approximate surface area is 169 Å². The smallest absolute Gasteiger partial charge is 0.342 e. The highest BCUT2D eigenvalue weighted by atomic mass is 16.6. The van der Waals surface area contributed by atoms with Gasteiger partial charge in [0.05, 0.1) is 5.56 Å². The number of carboxylic acid groups (broad SMARTS) is 1. The Morgan fingerprint density at radius 3 is 2.17 bits per heavy atom. The molecule has 3 aromatic rings. The summed E-state index contributed by atoms with van der Waals surface area (Å²) in [7, 11) is 0. The highest BCUT2D eigenvalue weighted by Crippen LogP contribution is 2.57. The van der Waals surface area contributed by atoms with Crippen molar-refractivity contribution < 1.29 is 34.4 Å². The van der Waals surface area contributed by atoms with Crippen LogP contribution in [0.1, 0.15) is 27.0 Å². The van der Waals surface area contributed by atoms with Crippen molar-refractivity contribution in [2.75, 3.05) is 11.9 Å². The second-order valence-corrected chi connectivity index (χ2v) is 7.01. The van der Waals surface area contributed by atoms with Gasteiger partial charge in [-0.3, -0.25) is 4.79 Å². The molecule has 2 aliphatic heterocycles. The third-order valence-corrected chi connectivity index (χ3v) is 5.23. The number of hydrogen-bond acceptors (Lipinski definition) is 7. The maximum Gasteiger partial charge on any atom is 0.342 e. The first kappa shape index (κ1) is 17.9. The van der Waals surface area contributed by atoms with Crippen molar-refractivity contribution in [3.8, 4) is 23.0 Å². The summed E-state index contributed by atoms with van der Waals surface area (Å²) in [5, 5.41) is 31.6. The average Bonchev–Trinajstić information content (AvgIpc) is 2.99. The quantitative estimate of drug-likeness (QED) is 0.490. The molecule has 1 spiro atoms. The van der Waals surface area contributed by atoms with Crippen LogP contribution in [0.15, 0.2) is 54.6 Å². The summed E-state index contributed by atoms with van der Waals surface area (Å²) >= 11 is 0. The zero-order chi connectivity index (χ0) is 21.0. The van der Waals surface area contributed by atoms with Gasteiger partial charge in [-0.2, -0.15) is 0 Å². The van der Waals surface area contributed by atoms with Gasteiger partial charge < -0.3 is 30.1 Å². The Kier molecular flexibility index (Phi) is 3.66. The Morgan fingerprint density at radius 1 is 0.933 bits per heavy atom. The molecule has 0 aliphatic carbocycles. The number of carbonyl (C=O) groups is 2. The van der Waals surface area contributed by atoms with Gasteiger partial charge in [0.25, 0.3) is 0 Å². The van der Waals surface area contributed by atoms with Crippen LogP contribution >= 0.6 is 0 Å². The molecule has 0 saturated carbocycles. The Hall–Kier alpha value is -4.20. The summed E-state index contributed by atoms with van der Waals surface area (Å²) in [5.41, 5.74) is 0.687. The predicted octanol–water partition coefficient (Wildman–Crippen LogP) is 3.16. The highest BCUT2D eigenvalue weighted by molar-refractivity contribution is 6.02. The zero-order valence-corrected chi connectivity index (χ0v) is 15.4. The molecule has 3 aromatic carbocycles. The standard InChI is InChI=1S/C22H15NO7/c24-11-4-6-13-17(8-11)29-18-9-12(25)5-7-14(18)22(13)15-2-1-3-16(23-10-19(26)27)20(15)21(28)30-22/h1-9,23-25H,10H2,(H,26,27). The number of aliphatic carboxylic acids is 1. The molecule has 0 fully saturated rings. The Balaban J connectivity index is 1.80. The number of rotatable bonds is 3. The normalized spacial score (nSPS) is 14.9. The van der Waals surface area contributed by atoms with Gasteiger partial charge in [-0.15, -0.1) is 0 Å². The van der Waals surface area contributed by atoms with Crippen molar-refractivity contribution in [1.82, 2.24) is 0 Å². The second kappa shape index (κ2) is 6.15. The van der Waals surface area contributed by atoms with E-state index >= 15 is 0 Å². The van der Waals surface area contributed by atoms with Crippen LogP contribution in [0.3, 0.4) is 0 Å². The fraction of sp³-hybridized carbons (Fsp3) is 0.0909. The molecule has 2 aliphatic rings. The molecule has 0 saturated heterocycles. The third-order valence-electron chi connectivity index (χ3n) is 5.23. The van der Waals surface area contributed by atoms with Crippen LogP contribution < -0.4 is 10.1 Å². The van der Waals surface area contributed by atoms with Gasteiger partial charge >= 0.3 is 11.9 Å². The molecule has 150 valence electrons. The highest BCUT2D eigenvalue weighted by Gasteiger charge is 2.54. The van der Waals surface area contributed by atoms with E-state index in [1.165, 1.54) is 24.3 Å². The van der Waals surface area contributed by atoms with Crippen LogP contribution in [0.5, 0.6) is 23.0 Å². The summed E-state index contributed by atoms with van der Waals surface area (Å²) in [6, 6.07) is 14.0. The second-order valence-electron chi connectivity index (χ2n) is 7.01. The maximum atomic E-state index is 13.0. The minimum atomic E-state index is -1.38. The molecule has 0 aromatic heterocycles. The molecule has 30 heavy (non-hydrogen) atoms. The molecule has 5 rings (SSSR count). The molecule has 8 nitrogen and oxygen atoms in total. The number of aromatic hydroxyl groups is 2. The number of phenols is 2. The first-order valence-electron chi connectivity index (χ1n) is 9.07. The Bertz CT molecular complexity index is 1180. The van der Waals surface area contributed by atoms with Gasteiger partial charge in [0, 0.05) is 34.5 Å². The fourth-order valence-electron chi connectivity index (χ4n) is 4.07. The van der Waals surface area contributed by atoms with E-state index in [4.69, 9.17) is 14.6 Å². The largest absolute Gasteiger partial charge is 0.508 e. The van der Waals surface area contributed by atoms with Crippen molar-refractivity contribution >= 4 is 17.6 Å². The molecule has 2 heterocycles. The summed E-state index contributed by atoms with van der Waals surface area (Å²) < 4.78 is 11.9. The summed E-state index contributed by atoms with van der Waals surface area (Å²) in [6.45, 7) is -0.366. The fourth-order valence-corrected chi connectivity index (χ4v) is 4.07. The number of ether oxygens (including phenoxy) is 2. The molecule has 8 heteroatoms. The molecule has 0 bridgehead atoms. The van der Waals surface area contributed by atoms with E-state index < -0.39 is 17.5 Å². The van der Waals surface area contributed by atoms with Crippen LogP contribution in [0.25, 0.3) is 0 Å². The monoisotopic (exact) mass is 405 g/mol. The molecule has 0 radical (unpaired) electrons. The first-order valence-corrected chi connectivity index (χ1v) is 9.07. The first-order chi connectivity index (χ1) is 14.4. The van der Waals surface area contributed by atoms with E-state index in [0.717, 1.165) is 0 Å². The summed E-state index contributed by atoms with van der Waals surface area (Å²) in [4.78, 5) is 24.0. The van der Waals surface area contributed by atoms with E-state index in [0.29, 0.717) is 22.4 Å². The lowest BCUT2D eigenvalue weighted by molar-refractivity contribution is -0.134. The minimum absolute atomic E-state index is 0.0334. The molecular weight excluding hydrogens is 390 g/mol. The predicted molar refractivity (Wildman–Crippen MR) is 104 cm³/mol. The lowest BCUT2D eigenvalue weighted by Crippen LogP contribution is -2.32. The number of carbonyl (C=O) groups excluding carboxylic acids is 1. The molecule has 0 unspecified atom stereocenters. The topological polar surface area (TPSA) is 125 Å². The van der Waals surface area contributed by atoms with Gasteiger partial charge in [0.1, 0.15) is 29.5 Å². The van der Waals surface area contributed by atoms with Crippen LogP contribution in [0, 0.1) is 0 Å². The van der Waals surface area contributed by atoms with Crippen molar-refractivity contribution in [1.29, 1.82) is 0 Å². The van der Waals surface area contributed by atoms with E-state index in [1.54, 1.807) is 30.3 Å². The van der Waals surface area contributed by atoms with Crippen molar-refractivity contribution in [2.24, 2.45) is 0 Å². The van der Waals surface area contributed by atoms with Crippen LogP contribution in [-0.4, -0.2) is 33.8 Å². The number of esters is 1. The molecule has 4 N–H and O–H groups in total. The van der Waals surface area contributed by atoms with Gasteiger partial charge in [-0.05, 0) is 30.3 Å². The number of carboxylic acids is 1. The van der Waals surface area contributed by atoms with Crippen molar-refractivity contribution in [2.45, 2.75) is 5.60 Å². The van der Waals surface area contributed by atoms with Gasteiger partial charge in [-0.25, -0.2) is 4.79 Å². The average molecular weight is 405 g/mol. The minimum Gasteiger partial charge on any atom is -0.508 e.